The summed E-state index contributed by atoms with van der Waals surface area (Å²) in [4.78, 5) is 16.7. The highest BCUT2D eigenvalue weighted by Crippen LogP contribution is 2.31. The van der Waals surface area contributed by atoms with E-state index in [0.717, 1.165) is 6.42 Å². The summed E-state index contributed by atoms with van der Waals surface area (Å²) < 4.78 is 24.6. The van der Waals surface area contributed by atoms with Crippen molar-refractivity contribution < 1.29 is 18.3 Å². The van der Waals surface area contributed by atoms with E-state index in [0.29, 0.717) is 34.0 Å². The van der Waals surface area contributed by atoms with Crippen LogP contribution in [0.3, 0.4) is 0 Å². The molecule has 0 fully saturated rings. The molecule has 0 saturated heterocycles. The fourth-order valence-corrected chi connectivity index (χ4v) is 3.51. The number of rotatable bonds is 7. The molecule has 32 heavy (non-hydrogen) atoms. The Hall–Kier alpha value is -3.38. The zero-order chi connectivity index (χ0) is 22.7. The van der Waals surface area contributed by atoms with E-state index in [1.54, 1.807) is 18.2 Å². The van der Waals surface area contributed by atoms with Crippen LogP contribution in [0.1, 0.15) is 31.7 Å². The minimum absolute atomic E-state index is 0.115. The van der Waals surface area contributed by atoms with Crippen LogP contribution in [0, 0.1) is 5.82 Å². The zero-order valence-corrected chi connectivity index (χ0v) is 18.4. The summed E-state index contributed by atoms with van der Waals surface area (Å²) in [5.41, 5.74) is 3.35. The number of nitrogens with zero attached hydrogens (tertiary/aromatic N) is 1. The molecule has 0 aliphatic heterocycles. The van der Waals surface area contributed by atoms with Crippen molar-refractivity contribution in [3.8, 4) is 17.2 Å². The number of ether oxygens (including phenoxy) is 1. The molecule has 1 N–H and O–H groups in total. The monoisotopic (exact) mass is 452 g/mol. The van der Waals surface area contributed by atoms with E-state index >= 15 is 0 Å². The van der Waals surface area contributed by atoms with Crippen LogP contribution < -0.4 is 10.1 Å². The highest BCUT2D eigenvalue weighted by molar-refractivity contribution is 6.33. The Morgan fingerprint density at radius 1 is 1.16 bits per heavy atom. The second-order valence-electron chi connectivity index (χ2n) is 7.54. The third kappa shape index (κ3) is 4.92. The van der Waals surface area contributed by atoms with E-state index in [1.165, 1.54) is 23.8 Å². The first-order valence-corrected chi connectivity index (χ1v) is 10.7. The molecule has 1 heterocycles. The molecule has 1 atom stereocenters. The Morgan fingerprint density at radius 2 is 1.94 bits per heavy atom. The number of oxazole rings is 1. The molecule has 4 aromatic rings. The summed E-state index contributed by atoms with van der Waals surface area (Å²) in [6.07, 6.45) is 1.07. The summed E-state index contributed by atoms with van der Waals surface area (Å²) in [6.45, 7) is 4.21. The van der Waals surface area contributed by atoms with Crippen molar-refractivity contribution in [1.82, 2.24) is 4.98 Å². The molecule has 0 aliphatic rings. The topological polar surface area (TPSA) is 64.4 Å². The molecule has 4 rings (SSSR count). The molecule has 3 aromatic carbocycles. The molecule has 1 aromatic heterocycles. The molecule has 1 amide bonds. The average molecular weight is 453 g/mol. The Balaban J connectivity index is 1.41. The Labute approximate surface area is 190 Å². The van der Waals surface area contributed by atoms with Gasteiger partial charge in [-0.25, -0.2) is 9.37 Å². The molecule has 0 bridgehead atoms. The summed E-state index contributed by atoms with van der Waals surface area (Å²) in [5, 5.41) is 3.00. The van der Waals surface area contributed by atoms with Crippen molar-refractivity contribution in [3.05, 3.63) is 77.1 Å². The van der Waals surface area contributed by atoms with Gasteiger partial charge in [-0.05, 0) is 66.4 Å². The smallest absolute Gasteiger partial charge is 0.262 e. The number of hydrogen-bond donors (Lipinski definition) is 1. The van der Waals surface area contributed by atoms with E-state index in [2.05, 4.69) is 24.1 Å². The van der Waals surface area contributed by atoms with Crippen molar-refractivity contribution in [2.75, 3.05) is 11.9 Å². The number of halogens is 2. The molecular weight excluding hydrogens is 431 g/mol. The Kier molecular flexibility index (Phi) is 6.42. The van der Waals surface area contributed by atoms with Crippen LogP contribution in [-0.4, -0.2) is 17.5 Å². The average Bonchev–Trinajstić information content (AvgIpc) is 3.20. The molecular formula is C25H22ClFN2O3. The van der Waals surface area contributed by atoms with Gasteiger partial charge in [0.25, 0.3) is 5.91 Å². The second-order valence-corrected chi connectivity index (χ2v) is 7.95. The van der Waals surface area contributed by atoms with Gasteiger partial charge in [0.2, 0.25) is 5.89 Å². The number of hydrogen-bond acceptors (Lipinski definition) is 4. The van der Waals surface area contributed by atoms with Gasteiger partial charge >= 0.3 is 0 Å². The highest BCUT2D eigenvalue weighted by Gasteiger charge is 2.13. The van der Waals surface area contributed by atoms with Crippen molar-refractivity contribution >= 4 is 34.3 Å². The van der Waals surface area contributed by atoms with Gasteiger partial charge in [-0.1, -0.05) is 37.6 Å². The lowest BCUT2D eigenvalue weighted by atomic mass is 9.99. The van der Waals surface area contributed by atoms with Gasteiger partial charge in [0.05, 0.1) is 10.6 Å². The Bertz CT molecular complexity index is 1250. The fraction of sp³-hybridized carbons (Fsp3) is 0.200. The highest BCUT2D eigenvalue weighted by atomic mass is 35.5. The lowest BCUT2D eigenvalue weighted by Gasteiger charge is -2.11. The number of anilines is 1. The normalized spacial score (nSPS) is 12.0. The first-order chi connectivity index (χ1) is 15.4. The molecule has 0 aliphatic carbocycles. The van der Waals surface area contributed by atoms with Gasteiger partial charge in [-0.2, -0.15) is 0 Å². The summed E-state index contributed by atoms with van der Waals surface area (Å²) >= 11 is 6.10. The third-order valence-corrected chi connectivity index (χ3v) is 5.58. The van der Waals surface area contributed by atoms with Crippen molar-refractivity contribution in [2.24, 2.45) is 0 Å². The molecule has 0 saturated carbocycles. The largest absolute Gasteiger partial charge is 0.484 e. The summed E-state index contributed by atoms with van der Waals surface area (Å²) in [6, 6.07) is 16.9. The number of fused-ring (bicyclic) bond motifs is 1. The standard InChI is InChI=1S/C25H22ClFN2O3/c1-3-15(2)16-4-8-19(9-5-16)31-14-24(30)28-18-7-11-23-22(13-18)29-25(32-23)20-10-6-17(27)12-21(20)26/h4-13,15H,3,14H2,1-2H3,(H,28,30). The summed E-state index contributed by atoms with van der Waals surface area (Å²) in [5.74, 6) is 0.671. The third-order valence-electron chi connectivity index (χ3n) is 5.26. The van der Waals surface area contributed by atoms with Crippen LogP contribution >= 0.6 is 11.6 Å². The molecule has 0 radical (unpaired) electrons. The first kappa shape index (κ1) is 21.8. The van der Waals surface area contributed by atoms with E-state index < -0.39 is 5.82 Å². The molecule has 164 valence electrons. The second kappa shape index (κ2) is 9.40. The number of carbonyl (C=O) groups excluding carboxylic acids is 1. The minimum atomic E-state index is -0.437. The van der Waals surface area contributed by atoms with Crippen LogP contribution in [0.15, 0.2) is 65.1 Å². The van der Waals surface area contributed by atoms with E-state index in [-0.39, 0.29) is 23.4 Å². The Morgan fingerprint density at radius 3 is 2.66 bits per heavy atom. The van der Waals surface area contributed by atoms with Gasteiger partial charge in [0.15, 0.2) is 12.2 Å². The van der Waals surface area contributed by atoms with Crippen molar-refractivity contribution in [3.63, 3.8) is 0 Å². The minimum Gasteiger partial charge on any atom is -0.484 e. The molecule has 1 unspecified atom stereocenters. The first-order valence-electron chi connectivity index (χ1n) is 10.3. The van der Waals surface area contributed by atoms with Crippen molar-refractivity contribution in [1.29, 1.82) is 0 Å². The summed E-state index contributed by atoms with van der Waals surface area (Å²) in [7, 11) is 0. The lowest BCUT2D eigenvalue weighted by Crippen LogP contribution is -2.20. The van der Waals surface area contributed by atoms with Crippen LogP contribution in [0.2, 0.25) is 5.02 Å². The number of amides is 1. The fourth-order valence-electron chi connectivity index (χ4n) is 3.26. The SMILES string of the molecule is CCC(C)c1ccc(OCC(=O)Nc2ccc3oc(-c4ccc(F)cc4Cl)nc3c2)cc1. The maximum absolute atomic E-state index is 13.3. The number of aromatic nitrogens is 1. The van der Waals surface area contributed by atoms with E-state index in [4.69, 9.17) is 20.8 Å². The zero-order valence-electron chi connectivity index (χ0n) is 17.7. The number of carbonyl (C=O) groups is 1. The van der Waals surface area contributed by atoms with Gasteiger partial charge in [0, 0.05) is 5.69 Å². The van der Waals surface area contributed by atoms with Gasteiger partial charge < -0.3 is 14.5 Å². The quantitative estimate of drug-likeness (QED) is 0.334. The van der Waals surface area contributed by atoms with Crippen LogP contribution in [0.5, 0.6) is 5.75 Å². The predicted molar refractivity (Wildman–Crippen MR) is 124 cm³/mol. The molecule has 0 spiro atoms. The number of nitrogens with one attached hydrogen (secondary N) is 1. The maximum Gasteiger partial charge on any atom is 0.262 e. The molecule has 7 heteroatoms. The lowest BCUT2D eigenvalue weighted by molar-refractivity contribution is -0.118. The van der Waals surface area contributed by atoms with Gasteiger partial charge in [-0.3, -0.25) is 4.79 Å². The van der Waals surface area contributed by atoms with Crippen LogP contribution in [-0.2, 0) is 4.79 Å². The molecule has 5 nitrogen and oxygen atoms in total. The van der Waals surface area contributed by atoms with Crippen LogP contribution in [0.25, 0.3) is 22.6 Å². The number of benzene rings is 3. The van der Waals surface area contributed by atoms with E-state index in [1.807, 2.05) is 24.3 Å². The van der Waals surface area contributed by atoms with Gasteiger partial charge in [0.1, 0.15) is 17.1 Å². The maximum atomic E-state index is 13.3. The van der Waals surface area contributed by atoms with Crippen LogP contribution in [0.4, 0.5) is 10.1 Å². The predicted octanol–water partition coefficient (Wildman–Crippen LogP) is 6.82. The van der Waals surface area contributed by atoms with Crippen molar-refractivity contribution in [2.45, 2.75) is 26.2 Å². The van der Waals surface area contributed by atoms with E-state index in [9.17, 15) is 9.18 Å². The van der Waals surface area contributed by atoms with Gasteiger partial charge in [-0.15, -0.1) is 0 Å².